The fraction of sp³-hybridized carbons (Fsp3) is 0.562. The molecule has 1 aromatic carbocycles. The predicted octanol–water partition coefficient (Wildman–Crippen LogP) is 3.72. The third-order valence-electron chi connectivity index (χ3n) is 4.01. The van der Waals surface area contributed by atoms with Crippen molar-refractivity contribution in [1.82, 2.24) is 4.90 Å². The van der Waals surface area contributed by atoms with E-state index < -0.39 is 0 Å². The minimum absolute atomic E-state index is 0.191. The summed E-state index contributed by atoms with van der Waals surface area (Å²) < 4.78 is 13.1. The topological polar surface area (TPSA) is 27.6 Å². The van der Waals surface area contributed by atoms with E-state index in [1.807, 2.05) is 0 Å². The first-order valence-electron chi connectivity index (χ1n) is 7.76. The van der Waals surface area contributed by atoms with Crippen LogP contribution in [-0.2, 0) is 6.54 Å². The minimum atomic E-state index is -0.191. The molecule has 0 bridgehead atoms. The number of amidine groups is 1. The van der Waals surface area contributed by atoms with Crippen LogP contribution in [0.3, 0.4) is 0 Å². The van der Waals surface area contributed by atoms with Gasteiger partial charge in [0.2, 0.25) is 0 Å². The van der Waals surface area contributed by atoms with Crippen LogP contribution in [0.2, 0.25) is 0 Å². The maximum Gasteiger partial charge on any atom is 0.161 e. The summed E-state index contributed by atoms with van der Waals surface area (Å²) in [6.07, 6.45) is 5.23. The molecule has 0 saturated carbocycles. The molecule has 0 aromatic heterocycles. The van der Waals surface area contributed by atoms with E-state index in [0.717, 1.165) is 22.2 Å². The molecular weight excluding hydrogens is 285 g/mol. The quantitative estimate of drug-likeness (QED) is 0.840. The van der Waals surface area contributed by atoms with Crippen LogP contribution in [-0.4, -0.2) is 35.5 Å². The first kappa shape index (κ1) is 14.9. The Morgan fingerprint density at radius 1 is 1.24 bits per heavy atom. The number of rotatable bonds is 5. The Hall–Kier alpha value is -1.07. The highest BCUT2D eigenvalue weighted by atomic mass is 32.2. The SMILES string of the molecule is Fc1ccc2c(c1)CN=C(SCCCCN1CCCC1)N2. The number of halogens is 1. The van der Waals surface area contributed by atoms with Crippen molar-refractivity contribution in [3.63, 3.8) is 0 Å². The molecule has 1 aromatic rings. The number of likely N-dealkylation sites (tertiary alicyclic amines) is 1. The summed E-state index contributed by atoms with van der Waals surface area (Å²) in [7, 11) is 0. The molecule has 21 heavy (non-hydrogen) atoms. The second-order valence-electron chi connectivity index (χ2n) is 5.65. The average molecular weight is 307 g/mol. The smallest absolute Gasteiger partial charge is 0.161 e. The number of thioether (sulfide) groups is 1. The number of hydrogen-bond donors (Lipinski definition) is 1. The molecule has 114 valence electrons. The van der Waals surface area contributed by atoms with E-state index in [0.29, 0.717) is 6.54 Å². The largest absolute Gasteiger partial charge is 0.335 e. The van der Waals surface area contributed by atoms with Gasteiger partial charge in [-0.15, -0.1) is 0 Å². The Morgan fingerprint density at radius 3 is 2.95 bits per heavy atom. The summed E-state index contributed by atoms with van der Waals surface area (Å²) in [4.78, 5) is 7.04. The van der Waals surface area contributed by atoms with Crippen molar-refractivity contribution >= 4 is 22.6 Å². The molecule has 0 aliphatic carbocycles. The normalized spacial score (nSPS) is 18.2. The fourth-order valence-electron chi connectivity index (χ4n) is 2.82. The van der Waals surface area contributed by atoms with Crippen molar-refractivity contribution in [2.45, 2.75) is 32.2 Å². The summed E-state index contributed by atoms with van der Waals surface area (Å²) >= 11 is 1.77. The molecular formula is C16H22FN3S. The fourth-order valence-corrected chi connectivity index (χ4v) is 3.70. The lowest BCUT2D eigenvalue weighted by Crippen LogP contribution is -2.20. The Morgan fingerprint density at radius 2 is 2.10 bits per heavy atom. The number of nitrogens with zero attached hydrogens (tertiary/aromatic N) is 2. The van der Waals surface area contributed by atoms with Gasteiger partial charge in [-0.3, -0.25) is 4.99 Å². The Kier molecular flexibility index (Phi) is 5.14. The molecule has 3 nitrogen and oxygen atoms in total. The van der Waals surface area contributed by atoms with Crippen molar-refractivity contribution < 1.29 is 4.39 Å². The van der Waals surface area contributed by atoms with Gasteiger partial charge < -0.3 is 10.2 Å². The van der Waals surface area contributed by atoms with Gasteiger partial charge in [0.15, 0.2) is 5.17 Å². The highest BCUT2D eigenvalue weighted by Crippen LogP contribution is 2.24. The van der Waals surface area contributed by atoms with Crippen molar-refractivity contribution in [2.24, 2.45) is 4.99 Å². The summed E-state index contributed by atoms with van der Waals surface area (Å²) in [6.45, 7) is 4.39. The van der Waals surface area contributed by atoms with Gasteiger partial charge in [-0.1, -0.05) is 11.8 Å². The van der Waals surface area contributed by atoms with Crippen LogP contribution in [0.1, 0.15) is 31.2 Å². The number of anilines is 1. The molecule has 1 saturated heterocycles. The Balaban J connectivity index is 1.37. The van der Waals surface area contributed by atoms with E-state index in [2.05, 4.69) is 15.2 Å². The third kappa shape index (κ3) is 4.20. The van der Waals surface area contributed by atoms with Gasteiger partial charge in [-0.2, -0.15) is 0 Å². The Labute approximate surface area is 130 Å². The van der Waals surface area contributed by atoms with E-state index >= 15 is 0 Å². The molecule has 2 heterocycles. The lowest BCUT2D eigenvalue weighted by atomic mass is 10.1. The van der Waals surface area contributed by atoms with Gasteiger partial charge in [0.1, 0.15) is 5.82 Å². The number of nitrogens with one attached hydrogen (secondary N) is 1. The molecule has 1 fully saturated rings. The van der Waals surface area contributed by atoms with Crippen LogP contribution in [0, 0.1) is 5.82 Å². The minimum Gasteiger partial charge on any atom is -0.335 e. The number of benzene rings is 1. The number of hydrogen-bond acceptors (Lipinski definition) is 4. The van der Waals surface area contributed by atoms with Gasteiger partial charge in [-0.25, -0.2) is 4.39 Å². The first-order chi connectivity index (χ1) is 10.3. The summed E-state index contributed by atoms with van der Waals surface area (Å²) in [5.74, 6) is 0.902. The Bertz CT molecular complexity index is 512. The number of aliphatic imine (C=N–C) groups is 1. The lowest BCUT2D eigenvalue weighted by Gasteiger charge is -2.18. The molecule has 3 rings (SSSR count). The predicted molar refractivity (Wildman–Crippen MR) is 88.5 cm³/mol. The van der Waals surface area contributed by atoms with Gasteiger partial charge >= 0.3 is 0 Å². The van der Waals surface area contributed by atoms with E-state index in [1.165, 1.54) is 51.4 Å². The summed E-state index contributed by atoms with van der Waals surface area (Å²) in [6, 6.07) is 4.85. The average Bonchev–Trinajstić information content (AvgIpc) is 3.00. The maximum atomic E-state index is 13.1. The molecule has 0 unspecified atom stereocenters. The molecule has 0 spiro atoms. The molecule has 0 atom stereocenters. The van der Waals surface area contributed by atoms with Gasteiger partial charge in [-0.05, 0) is 63.5 Å². The van der Waals surface area contributed by atoms with Gasteiger partial charge in [0.05, 0.1) is 6.54 Å². The molecule has 5 heteroatoms. The van der Waals surface area contributed by atoms with E-state index in [1.54, 1.807) is 23.9 Å². The first-order valence-corrected chi connectivity index (χ1v) is 8.75. The second kappa shape index (κ2) is 7.27. The van der Waals surface area contributed by atoms with E-state index in [4.69, 9.17) is 0 Å². The highest BCUT2D eigenvalue weighted by Gasteiger charge is 2.13. The molecule has 2 aliphatic rings. The second-order valence-corrected chi connectivity index (χ2v) is 6.74. The van der Waals surface area contributed by atoms with Crippen molar-refractivity contribution in [3.05, 3.63) is 29.6 Å². The van der Waals surface area contributed by atoms with Crippen LogP contribution < -0.4 is 5.32 Å². The van der Waals surface area contributed by atoms with Crippen molar-refractivity contribution in [2.75, 3.05) is 30.7 Å². The number of fused-ring (bicyclic) bond motifs is 1. The van der Waals surface area contributed by atoms with Crippen LogP contribution in [0.15, 0.2) is 23.2 Å². The molecule has 1 N–H and O–H groups in total. The van der Waals surface area contributed by atoms with Gasteiger partial charge in [0, 0.05) is 17.0 Å². The highest BCUT2D eigenvalue weighted by molar-refractivity contribution is 8.14. The summed E-state index contributed by atoms with van der Waals surface area (Å²) in [5, 5.41) is 4.26. The zero-order valence-electron chi connectivity index (χ0n) is 12.3. The standard InChI is InChI=1S/C16H22FN3S/c17-14-5-6-15-13(11-14)12-18-16(19-15)21-10-4-3-9-20-7-1-2-8-20/h5-6,11H,1-4,7-10,12H2,(H,18,19). The van der Waals surface area contributed by atoms with Crippen molar-refractivity contribution in [3.8, 4) is 0 Å². The molecule has 0 radical (unpaired) electrons. The zero-order chi connectivity index (χ0) is 14.5. The van der Waals surface area contributed by atoms with E-state index in [-0.39, 0.29) is 5.82 Å². The van der Waals surface area contributed by atoms with Crippen LogP contribution in [0.4, 0.5) is 10.1 Å². The van der Waals surface area contributed by atoms with Gasteiger partial charge in [0.25, 0.3) is 0 Å². The molecule has 2 aliphatic heterocycles. The number of unbranched alkanes of at least 4 members (excludes halogenated alkanes) is 1. The molecule has 0 amide bonds. The maximum absolute atomic E-state index is 13.1. The lowest BCUT2D eigenvalue weighted by molar-refractivity contribution is 0.333. The summed E-state index contributed by atoms with van der Waals surface area (Å²) in [5.41, 5.74) is 1.93. The van der Waals surface area contributed by atoms with Crippen LogP contribution >= 0.6 is 11.8 Å². The third-order valence-corrected chi connectivity index (χ3v) is 5.01. The zero-order valence-corrected chi connectivity index (χ0v) is 13.1. The van der Waals surface area contributed by atoms with Crippen LogP contribution in [0.25, 0.3) is 0 Å². The van der Waals surface area contributed by atoms with Crippen LogP contribution in [0.5, 0.6) is 0 Å². The monoisotopic (exact) mass is 307 g/mol. The van der Waals surface area contributed by atoms with Crippen molar-refractivity contribution in [1.29, 1.82) is 0 Å². The van der Waals surface area contributed by atoms with E-state index in [9.17, 15) is 4.39 Å².